The van der Waals surface area contributed by atoms with E-state index in [1.165, 1.54) is 12.5 Å². The van der Waals surface area contributed by atoms with Crippen LogP contribution in [0, 0.1) is 0 Å². The van der Waals surface area contributed by atoms with Gasteiger partial charge in [-0.3, -0.25) is 4.79 Å². The van der Waals surface area contributed by atoms with E-state index in [4.69, 9.17) is 9.15 Å². The van der Waals surface area contributed by atoms with E-state index in [1.807, 2.05) is 25.1 Å². The second-order valence-electron chi connectivity index (χ2n) is 5.30. The van der Waals surface area contributed by atoms with Gasteiger partial charge in [0.25, 0.3) is 5.91 Å². The van der Waals surface area contributed by atoms with Gasteiger partial charge in [0.1, 0.15) is 12.4 Å². The number of hydrogen-bond acceptors (Lipinski definition) is 6. The van der Waals surface area contributed by atoms with Crippen LogP contribution in [-0.2, 0) is 4.74 Å². The molecule has 1 saturated heterocycles. The molecule has 7 heteroatoms. The van der Waals surface area contributed by atoms with Crippen LogP contribution in [0.25, 0.3) is 0 Å². The van der Waals surface area contributed by atoms with E-state index >= 15 is 0 Å². The summed E-state index contributed by atoms with van der Waals surface area (Å²) in [5.74, 6) is 0.573. The van der Waals surface area contributed by atoms with Gasteiger partial charge in [0.2, 0.25) is 5.95 Å². The SMILES string of the molecule is CN(C)c1nccc(C2CN(C(=O)c3ccoc3)CCO2)n1. The third-order valence-corrected chi connectivity index (χ3v) is 3.52. The lowest BCUT2D eigenvalue weighted by Crippen LogP contribution is -2.42. The highest BCUT2D eigenvalue weighted by Gasteiger charge is 2.27. The monoisotopic (exact) mass is 302 g/mol. The van der Waals surface area contributed by atoms with E-state index in [9.17, 15) is 4.79 Å². The van der Waals surface area contributed by atoms with Gasteiger partial charge in [-0.1, -0.05) is 0 Å². The predicted octanol–water partition coefficient (Wildman–Crippen LogP) is 1.35. The number of hydrogen-bond donors (Lipinski definition) is 0. The summed E-state index contributed by atoms with van der Waals surface area (Å²) in [5.41, 5.74) is 1.33. The highest BCUT2D eigenvalue weighted by Crippen LogP contribution is 2.22. The Labute approximate surface area is 128 Å². The average molecular weight is 302 g/mol. The van der Waals surface area contributed by atoms with Gasteiger partial charge in [-0.05, 0) is 12.1 Å². The summed E-state index contributed by atoms with van der Waals surface area (Å²) in [6, 6.07) is 3.49. The van der Waals surface area contributed by atoms with Gasteiger partial charge in [0.05, 0.1) is 30.7 Å². The maximum Gasteiger partial charge on any atom is 0.257 e. The van der Waals surface area contributed by atoms with E-state index < -0.39 is 0 Å². The minimum atomic E-state index is -0.244. The molecule has 2 aromatic rings. The van der Waals surface area contributed by atoms with Crippen LogP contribution in [0.5, 0.6) is 0 Å². The summed E-state index contributed by atoms with van der Waals surface area (Å²) in [4.78, 5) is 24.7. The number of ether oxygens (including phenoxy) is 1. The molecule has 1 unspecified atom stereocenters. The highest BCUT2D eigenvalue weighted by molar-refractivity contribution is 5.93. The topological polar surface area (TPSA) is 71.7 Å². The molecule has 0 saturated carbocycles. The minimum Gasteiger partial charge on any atom is -0.472 e. The first-order valence-corrected chi connectivity index (χ1v) is 7.08. The smallest absolute Gasteiger partial charge is 0.257 e. The Hall–Kier alpha value is -2.41. The van der Waals surface area contributed by atoms with Crippen molar-refractivity contribution in [1.29, 1.82) is 0 Å². The van der Waals surface area contributed by atoms with Crippen molar-refractivity contribution < 1.29 is 13.9 Å². The summed E-state index contributed by atoms with van der Waals surface area (Å²) in [6.45, 7) is 1.51. The van der Waals surface area contributed by atoms with Gasteiger partial charge in [0, 0.05) is 26.8 Å². The van der Waals surface area contributed by atoms with Gasteiger partial charge >= 0.3 is 0 Å². The third-order valence-electron chi connectivity index (χ3n) is 3.52. The van der Waals surface area contributed by atoms with Crippen LogP contribution in [0.2, 0.25) is 0 Å². The Bertz CT molecular complexity index is 642. The number of morpholine rings is 1. The quantitative estimate of drug-likeness (QED) is 0.852. The molecule has 3 rings (SSSR count). The molecule has 0 spiro atoms. The number of nitrogens with zero attached hydrogens (tertiary/aromatic N) is 4. The van der Waals surface area contributed by atoms with E-state index in [0.29, 0.717) is 31.2 Å². The van der Waals surface area contributed by atoms with Crippen molar-refractivity contribution in [2.24, 2.45) is 0 Å². The van der Waals surface area contributed by atoms with Crippen molar-refractivity contribution >= 4 is 11.9 Å². The van der Waals surface area contributed by atoms with Crippen LogP contribution in [0.4, 0.5) is 5.95 Å². The molecule has 1 aliphatic rings. The summed E-state index contributed by atoms with van der Waals surface area (Å²) >= 11 is 0. The van der Waals surface area contributed by atoms with Crippen LogP contribution in [-0.4, -0.2) is 54.6 Å². The summed E-state index contributed by atoms with van der Waals surface area (Å²) in [5, 5.41) is 0. The van der Waals surface area contributed by atoms with E-state index in [2.05, 4.69) is 9.97 Å². The number of amides is 1. The lowest BCUT2D eigenvalue weighted by atomic mass is 10.2. The van der Waals surface area contributed by atoms with Crippen molar-refractivity contribution in [3.8, 4) is 0 Å². The third kappa shape index (κ3) is 2.94. The Kier molecular flexibility index (Phi) is 4.06. The zero-order chi connectivity index (χ0) is 15.5. The van der Waals surface area contributed by atoms with Crippen molar-refractivity contribution in [3.63, 3.8) is 0 Å². The van der Waals surface area contributed by atoms with Gasteiger partial charge in [0.15, 0.2) is 0 Å². The number of rotatable bonds is 3. The fourth-order valence-electron chi connectivity index (χ4n) is 2.34. The van der Waals surface area contributed by atoms with Crippen molar-refractivity contribution in [1.82, 2.24) is 14.9 Å². The van der Waals surface area contributed by atoms with Gasteiger partial charge in [-0.15, -0.1) is 0 Å². The van der Waals surface area contributed by atoms with Crippen LogP contribution < -0.4 is 4.90 Å². The van der Waals surface area contributed by atoms with Crippen molar-refractivity contribution in [2.75, 3.05) is 38.7 Å². The number of furan rings is 1. The summed E-state index contributed by atoms with van der Waals surface area (Å²) in [6.07, 6.45) is 4.42. The molecular formula is C15H18N4O3. The minimum absolute atomic E-state index is 0.0519. The Morgan fingerprint density at radius 2 is 2.27 bits per heavy atom. The zero-order valence-electron chi connectivity index (χ0n) is 12.6. The molecule has 3 heterocycles. The average Bonchev–Trinajstić information content (AvgIpc) is 3.09. The fraction of sp³-hybridized carbons (Fsp3) is 0.400. The molecule has 0 N–H and O–H groups in total. The molecule has 1 atom stereocenters. The van der Waals surface area contributed by atoms with Gasteiger partial charge < -0.3 is 19.0 Å². The molecule has 1 fully saturated rings. The maximum absolute atomic E-state index is 12.4. The van der Waals surface area contributed by atoms with Crippen molar-refractivity contribution in [2.45, 2.75) is 6.10 Å². The number of anilines is 1. The Balaban J connectivity index is 1.75. The van der Waals surface area contributed by atoms with Gasteiger partial charge in [-0.2, -0.15) is 0 Å². The molecular weight excluding hydrogens is 284 g/mol. The van der Waals surface area contributed by atoms with Crippen LogP contribution in [0.15, 0.2) is 35.3 Å². The Morgan fingerprint density at radius 3 is 3.00 bits per heavy atom. The number of aromatic nitrogens is 2. The molecule has 22 heavy (non-hydrogen) atoms. The van der Waals surface area contributed by atoms with Crippen molar-refractivity contribution in [3.05, 3.63) is 42.1 Å². The first-order valence-electron chi connectivity index (χ1n) is 7.08. The van der Waals surface area contributed by atoms with E-state index in [0.717, 1.165) is 5.69 Å². The van der Waals surface area contributed by atoms with E-state index in [-0.39, 0.29) is 12.0 Å². The van der Waals surface area contributed by atoms with Crippen LogP contribution >= 0.6 is 0 Å². The molecule has 0 aliphatic carbocycles. The van der Waals surface area contributed by atoms with E-state index in [1.54, 1.807) is 17.2 Å². The molecule has 0 bridgehead atoms. The largest absolute Gasteiger partial charge is 0.472 e. The normalized spacial score (nSPS) is 18.3. The summed E-state index contributed by atoms with van der Waals surface area (Å²) < 4.78 is 10.7. The second-order valence-corrected chi connectivity index (χ2v) is 5.30. The summed E-state index contributed by atoms with van der Waals surface area (Å²) in [7, 11) is 3.77. The zero-order valence-corrected chi connectivity index (χ0v) is 12.6. The molecule has 7 nitrogen and oxygen atoms in total. The lowest BCUT2D eigenvalue weighted by Gasteiger charge is -2.32. The molecule has 0 radical (unpaired) electrons. The fourth-order valence-corrected chi connectivity index (χ4v) is 2.34. The Morgan fingerprint density at radius 1 is 1.41 bits per heavy atom. The molecule has 0 aromatic carbocycles. The maximum atomic E-state index is 12.4. The molecule has 1 aliphatic heterocycles. The van der Waals surface area contributed by atoms with Crippen LogP contribution in [0.1, 0.15) is 22.2 Å². The first kappa shape index (κ1) is 14.5. The lowest BCUT2D eigenvalue weighted by molar-refractivity contribution is -0.0247. The molecule has 2 aromatic heterocycles. The van der Waals surface area contributed by atoms with Crippen LogP contribution in [0.3, 0.4) is 0 Å². The highest BCUT2D eigenvalue weighted by atomic mass is 16.5. The molecule has 116 valence electrons. The van der Waals surface area contributed by atoms with Gasteiger partial charge in [-0.25, -0.2) is 9.97 Å². The number of carbonyl (C=O) groups excluding carboxylic acids is 1. The second kappa shape index (κ2) is 6.15. The standard InChI is InChI=1S/C15H18N4O3/c1-18(2)15-16-5-3-12(17-15)13-9-19(6-8-22-13)14(20)11-4-7-21-10-11/h3-5,7,10,13H,6,8-9H2,1-2H3. The predicted molar refractivity (Wildman–Crippen MR) is 79.7 cm³/mol. The first-order chi connectivity index (χ1) is 10.6. The number of carbonyl (C=O) groups is 1. The molecule has 1 amide bonds.